The predicted octanol–water partition coefficient (Wildman–Crippen LogP) is 3.42. The van der Waals surface area contributed by atoms with E-state index in [9.17, 15) is 26.0 Å². The molecule has 0 radical (unpaired) electrons. The number of nitrogens with zero attached hydrogens (tertiary/aromatic N) is 1. The highest BCUT2D eigenvalue weighted by atomic mass is 32.2. The minimum Gasteiger partial charge on any atom is -0.324 e. The Morgan fingerprint density at radius 2 is 1.39 bits per heavy atom. The van der Waals surface area contributed by atoms with Crippen molar-refractivity contribution in [3.8, 4) is 0 Å². The van der Waals surface area contributed by atoms with Gasteiger partial charge < -0.3 is 5.32 Å². The maximum absolute atomic E-state index is 13.0. The van der Waals surface area contributed by atoms with Crippen LogP contribution in [0.25, 0.3) is 0 Å². The smallest absolute Gasteiger partial charge is 0.261 e. The van der Waals surface area contributed by atoms with Gasteiger partial charge in [0.1, 0.15) is 11.9 Å². The van der Waals surface area contributed by atoms with Crippen LogP contribution in [0.2, 0.25) is 0 Å². The summed E-state index contributed by atoms with van der Waals surface area (Å²) in [6.45, 7) is 1.45. The molecule has 3 rings (SSSR count). The fourth-order valence-electron chi connectivity index (χ4n) is 3.08. The number of carbonyl (C=O) groups excluding carboxylic acids is 1. The van der Waals surface area contributed by atoms with E-state index < -0.39 is 37.8 Å². The van der Waals surface area contributed by atoms with Crippen molar-refractivity contribution in [3.05, 3.63) is 84.7 Å². The molecule has 3 aromatic carbocycles. The van der Waals surface area contributed by atoms with E-state index in [1.54, 1.807) is 30.3 Å². The van der Waals surface area contributed by atoms with Crippen molar-refractivity contribution in [2.45, 2.75) is 17.9 Å². The van der Waals surface area contributed by atoms with Crippen LogP contribution in [0.3, 0.4) is 0 Å². The summed E-state index contributed by atoms with van der Waals surface area (Å²) >= 11 is 0. The monoisotopic (exact) mass is 491 g/mol. The number of hydrogen-bond donors (Lipinski definition) is 2. The van der Waals surface area contributed by atoms with Gasteiger partial charge in [0.15, 0.2) is 0 Å². The number of anilines is 3. The molecule has 174 valence electrons. The van der Waals surface area contributed by atoms with Crippen molar-refractivity contribution in [2.24, 2.45) is 0 Å². The first-order valence-corrected chi connectivity index (χ1v) is 13.0. The van der Waals surface area contributed by atoms with Gasteiger partial charge in [0.05, 0.1) is 16.8 Å². The molecule has 3 aromatic rings. The molecule has 0 saturated heterocycles. The average molecular weight is 492 g/mol. The standard InChI is InChI=1S/C22H22FN3O5S2/c1-16(26(32(2,28)29)20-6-4-3-5-7-20)22(27)24-18-12-14-21(15-13-18)33(30,31)25-19-10-8-17(23)9-11-19/h3-16,25H,1-2H3,(H,24,27)/t16-/m0/s1. The van der Waals surface area contributed by atoms with Crippen molar-refractivity contribution in [1.29, 1.82) is 0 Å². The van der Waals surface area contributed by atoms with Crippen LogP contribution in [0.15, 0.2) is 83.8 Å². The van der Waals surface area contributed by atoms with Gasteiger partial charge in [0.2, 0.25) is 15.9 Å². The molecular formula is C22H22FN3O5S2. The average Bonchev–Trinajstić information content (AvgIpc) is 2.75. The van der Waals surface area contributed by atoms with Gasteiger partial charge >= 0.3 is 0 Å². The SMILES string of the molecule is C[C@@H](C(=O)Nc1ccc(S(=O)(=O)Nc2ccc(F)cc2)cc1)N(c1ccccc1)S(C)(=O)=O. The van der Waals surface area contributed by atoms with E-state index in [0.717, 1.165) is 22.7 Å². The molecule has 0 bridgehead atoms. The Labute approximate surface area is 192 Å². The fourth-order valence-corrected chi connectivity index (χ4v) is 5.31. The quantitative estimate of drug-likeness (QED) is 0.501. The number of carbonyl (C=O) groups is 1. The van der Waals surface area contributed by atoms with E-state index >= 15 is 0 Å². The minimum atomic E-state index is -3.93. The minimum absolute atomic E-state index is 0.0695. The summed E-state index contributed by atoms with van der Waals surface area (Å²) in [5, 5.41) is 2.60. The maximum atomic E-state index is 13.0. The molecule has 0 aliphatic rings. The summed E-state index contributed by atoms with van der Waals surface area (Å²) in [4.78, 5) is 12.7. The summed E-state index contributed by atoms with van der Waals surface area (Å²) in [5.41, 5.74) is 0.828. The Morgan fingerprint density at radius 1 is 0.848 bits per heavy atom. The lowest BCUT2D eigenvalue weighted by atomic mass is 10.2. The first-order chi connectivity index (χ1) is 15.5. The van der Waals surface area contributed by atoms with E-state index in [1.807, 2.05) is 0 Å². The summed E-state index contributed by atoms with van der Waals surface area (Å²) in [7, 11) is -7.68. The zero-order valence-electron chi connectivity index (χ0n) is 17.8. The lowest BCUT2D eigenvalue weighted by Gasteiger charge is -2.28. The maximum Gasteiger partial charge on any atom is 0.261 e. The Kier molecular flexibility index (Phi) is 7.04. The van der Waals surface area contributed by atoms with Crippen LogP contribution in [-0.2, 0) is 24.8 Å². The summed E-state index contributed by atoms with van der Waals surface area (Å²) in [6, 6.07) is 17.4. The molecular weight excluding hydrogens is 469 g/mol. The van der Waals surface area contributed by atoms with Crippen molar-refractivity contribution in [2.75, 3.05) is 20.6 Å². The van der Waals surface area contributed by atoms with E-state index in [2.05, 4.69) is 10.0 Å². The van der Waals surface area contributed by atoms with Crippen LogP contribution >= 0.6 is 0 Å². The van der Waals surface area contributed by atoms with E-state index in [1.165, 1.54) is 43.3 Å². The van der Waals surface area contributed by atoms with Gasteiger partial charge in [0, 0.05) is 11.4 Å². The van der Waals surface area contributed by atoms with Crippen molar-refractivity contribution >= 4 is 43.0 Å². The highest BCUT2D eigenvalue weighted by molar-refractivity contribution is 7.92. The Hall–Kier alpha value is -3.44. The number of nitrogens with one attached hydrogen (secondary N) is 2. The van der Waals surface area contributed by atoms with Crippen LogP contribution in [-0.4, -0.2) is 35.0 Å². The lowest BCUT2D eigenvalue weighted by Crippen LogP contribution is -2.45. The molecule has 11 heteroatoms. The number of sulfonamides is 2. The third kappa shape index (κ3) is 6.08. The number of para-hydroxylation sites is 1. The molecule has 0 fully saturated rings. The summed E-state index contributed by atoms with van der Waals surface area (Å²) < 4.78 is 66.0. The molecule has 0 heterocycles. The van der Waals surface area contributed by atoms with Gasteiger partial charge in [-0.1, -0.05) is 18.2 Å². The Bertz CT molecular complexity index is 1330. The van der Waals surface area contributed by atoms with Crippen LogP contribution in [0.1, 0.15) is 6.92 Å². The zero-order valence-corrected chi connectivity index (χ0v) is 19.4. The highest BCUT2D eigenvalue weighted by Crippen LogP contribution is 2.22. The summed E-state index contributed by atoms with van der Waals surface area (Å²) in [6.07, 6.45) is 1.01. The van der Waals surface area contributed by atoms with Gasteiger partial charge in [-0.25, -0.2) is 21.2 Å². The second-order valence-electron chi connectivity index (χ2n) is 7.20. The van der Waals surface area contributed by atoms with Crippen LogP contribution in [0.5, 0.6) is 0 Å². The molecule has 0 aromatic heterocycles. The highest BCUT2D eigenvalue weighted by Gasteiger charge is 2.29. The molecule has 8 nitrogen and oxygen atoms in total. The van der Waals surface area contributed by atoms with Crippen LogP contribution < -0.4 is 14.3 Å². The molecule has 1 atom stereocenters. The van der Waals surface area contributed by atoms with Gasteiger partial charge in [-0.05, 0) is 67.6 Å². The number of halogens is 1. The first kappa shape index (κ1) is 24.2. The van der Waals surface area contributed by atoms with Gasteiger partial charge in [-0.2, -0.15) is 0 Å². The largest absolute Gasteiger partial charge is 0.324 e. The molecule has 0 unspecified atom stereocenters. The number of rotatable bonds is 8. The third-order valence-corrected chi connectivity index (χ3v) is 7.27. The predicted molar refractivity (Wildman–Crippen MR) is 126 cm³/mol. The van der Waals surface area contributed by atoms with Crippen molar-refractivity contribution < 1.29 is 26.0 Å². The summed E-state index contributed by atoms with van der Waals surface area (Å²) in [5.74, 6) is -1.08. The Balaban J connectivity index is 1.74. The number of benzene rings is 3. The zero-order chi connectivity index (χ0) is 24.2. The second kappa shape index (κ2) is 9.59. The van der Waals surface area contributed by atoms with E-state index in [4.69, 9.17) is 0 Å². The molecule has 0 aliphatic carbocycles. The normalized spacial score (nSPS) is 12.6. The Morgan fingerprint density at radius 3 is 1.94 bits per heavy atom. The van der Waals surface area contributed by atoms with Gasteiger partial charge in [0.25, 0.3) is 10.0 Å². The van der Waals surface area contributed by atoms with Crippen LogP contribution in [0, 0.1) is 5.82 Å². The molecule has 0 aliphatic heterocycles. The third-order valence-electron chi connectivity index (χ3n) is 4.63. The van der Waals surface area contributed by atoms with Crippen molar-refractivity contribution in [3.63, 3.8) is 0 Å². The first-order valence-electron chi connectivity index (χ1n) is 9.71. The fraction of sp³-hybridized carbons (Fsp3) is 0.136. The molecule has 2 N–H and O–H groups in total. The second-order valence-corrected chi connectivity index (χ2v) is 10.7. The number of hydrogen-bond acceptors (Lipinski definition) is 5. The molecule has 1 amide bonds. The van der Waals surface area contributed by atoms with Crippen molar-refractivity contribution in [1.82, 2.24) is 0 Å². The molecule has 0 spiro atoms. The van der Waals surface area contributed by atoms with E-state index in [0.29, 0.717) is 5.69 Å². The topological polar surface area (TPSA) is 113 Å². The van der Waals surface area contributed by atoms with Gasteiger partial charge in [-0.15, -0.1) is 0 Å². The van der Waals surface area contributed by atoms with Crippen LogP contribution in [0.4, 0.5) is 21.5 Å². The van der Waals surface area contributed by atoms with E-state index in [-0.39, 0.29) is 16.3 Å². The molecule has 0 saturated carbocycles. The lowest BCUT2D eigenvalue weighted by molar-refractivity contribution is -0.116. The van der Waals surface area contributed by atoms with Gasteiger partial charge in [-0.3, -0.25) is 13.8 Å². The molecule has 33 heavy (non-hydrogen) atoms. The number of amides is 1.